The molecule has 4 atom stereocenters. The molecule has 2 aliphatic rings. The first kappa shape index (κ1) is 13.0. The first-order valence-electron chi connectivity index (χ1n) is 6.04. The average molecular weight is 243 g/mol. The molecule has 5 heteroatoms. The Morgan fingerprint density at radius 2 is 2.18 bits per heavy atom. The molecule has 2 saturated heterocycles. The van der Waals surface area contributed by atoms with E-state index in [9.17, 15) is 5.11 Å². The summed E-state index contributed by atoms with van der Waals surface area (Å²) in [6.45, 7) is 8.71. The summed E-state index contributed by atoms with van der Waals surface area (Å²) < 4.78 is 16.8. The maximum Gasteiger partial charge on any atom is 0.190 e. The van der Waals surface area contributed by atoms with Crippen molar-refractivity contribution < 1.29 is 19.3 Å². The zero-order chi connectivity index (χ0) is 12.5. The topological polar surface area (TPSA) is 60.0 Å². The van der Waals surface area contributed by atoms with E-state index >= 15 is 0 Å². The number of aliphatic hydroxyl groups is 1. The van der Waals surface area contributed by atoms with E-state index in [1.165, 1.54) is 0 Å². The first-order chi connectivity index (χ1) is 8.03. The fourth-order valence-corrected chi connectivity index (χ4v) is 2.18. The summed E-state index contributed by atoms with van der Waals surface area (Å²) in [6, 6.07) is 0. The summed E-state index contributed by atoms with van der Waals surface area (Å²) in [6.07, 6.45) is 1.00. The number of fused-ring (bicyclic) bond motifs is 1. The van der Waals surface area contributed by atoms with Gasteiger partial charge in [-0.05, 0) is 26.8 Å². The summed E-state index contributed by atoms with van der Waals surface area (Å²) in [4.78, 5) is 0. The summed E-state index contributed by atoms with van der Waals surface area (Å²) in [5.74, 6) is -0.669. The van der Waals surface area contributed by atoms with Gasteiger partial charge in [-0.1, -0.05) is 6.08 Å². The highest BCUT2D eigenvalue weighted by molar-refractivity contribution is 4.93. The molecule has 0 unspecified atom stereocenters. The molecule has 0 spiro atoms. The van der Waals surface area contributed by atoms with Gasteiger partial charge in [-0.2, -0.15) is 0 Å². The normalized spacial score (nSPS) is 39.2. The zero-order valence-electron chi connectivity index (χ0n) is 10.4. The molecule has 98 valence electrons. The Hall–Kier alpha value is -0.460. The van der Waals surface area contributed by atoms with Crippen molar-refractivity contribution in [2.45, 2.75) is 50.7 Å². The third kappa shape index (κ3) is 2.86. The van der Waals surface area contributed by atoms with E-state index in [2.05, 4.69) is 11.9 Å². The Bertz CT molecular complexity index is 282. The van der Waals surface area contributed by atoms with Crippen molar-refractivity contribution >= 4 is 0 Å². The van der Waals surface area contributed by atoms with E-state index in [1.54, 1.807) is 0 Å². The zero-order valence-corrected chi connectivity index (χ0v) is 10.4. The fourth-order valence-electron chi connectivity index (χ4n) is 2.18. The van der Waals surface area contributed by atoms with Crippen molar-refractivity contribution in [3.8, 4) is 0 Å². The molecule has 5 nitrogen and oxygen atoms in total. The van der Waals surface area contributed by atoms with Gasteiger partial charge in [-0.25, -0.2) is 0 Å². The van der Waals surface area contributed by atoms with Gasteiger partial charge in [0.1, 0.15) is 18.3 Å². The molecule has 0 aromatic rings. The summed E-state index contributed by atoms with van der Waals surface area (Å²) >= 11 is 0. The Morgan fingerprint density at radius 1 is 1.41 bits per heavy atom. The largest absolute Gasteiger partial charge is 0.387 e. The third-order valence-electron chi connectivity index (χ3n) is 2.99. The second-order valence-electron chi connectivity index (χ2n) is 4.92. The van der Waals surface area contributed by atoms with Crippen LogP contribution in [0.15, 0.2) is 12.7 Å². The molecule has 0 bridgehead atoms. The lowest BCUT2D eigenvalue weighted by Gasteiger charge is -2.23. The SMILES string of the molecule is C=CCCNC[C@H]1O[C@@H]2OC(C)(C)O[C@@H]2[C@H]1O. The van der Waals surface area contributed by atoms with Crippen molar-refractivity contribution in [3.05, 3.63) is 12.7 Å². The number of rotatable bonds is 5. The van der Waals surface area contributed by atoms with Gasteiger partial charge in [0.05, 0.1) is 0 Å². The molecule has 2 N–H and O–H groups in total. The molecule has 2 heterocycles. The quantitative estimate of drug-likeness (QED) is 0.540. The van der Waals surface area contributed by atoms with Gasteiger partial charge in [-0.3, -0.25) is 0 Å². The number of nitrogens with one attached hydrogen (secondary N) is 1. The van der Waals surface area contributed by atoms with Gasteiger partial charge < -0.3 is 24.6 Å². The van der Waals surface area contributed by atoms with Crippen LogP contribution in [0.5, 0.6) is 0 Å². The minimum atomic E-state index is -0.669. The molecular formula is C12H21NO4. The Labute approximate surface area is 102 Å². The molecule has 0 amide bonds. The second kappa shape index (κ2) is 5.04. The maximum absolute atomic E-state index is 10.1. The van der Waals surface area contributed by atoms with Crippen LogP contribution in [0.2, 0.25) is 0 Å². The molecule has 2 rings (SSSR count). The molecule has 0 aromatic heterocycles. The Kier molecular flexibility index (Phi) is 3.85. The molecule has 17 heavy (non-hydrogen) atoms. The lowest BCUT2D eigenvalue weighted by atomic mass is 10.1. The van der Waals surface area contributed by atoms with E-state index < -0.39 is 18.2 Å². The van der Waals surface area contributed by atoms with Crippen molar-refractivity contribution in [1.29, 1.82) is 0 Å². The van der Waals surface area contributed by atoms with Crippen LogP contribution >= 0.6 is 0 Å². The van der Waals surface area contributed by atoms with E-state index in [0.717, 1.165) is 13.0 Å². The molecule has 2 aliphatic heterocycles. The fraction of sp³-hybridized carbons (Fsp3) is 0.833. The van der Waals surface area contributed by atoms with Gasteiger partial charge in [0.25, 0.3) is 0 Å². The molecule has 2 fully saturated rings. The maximum atomic E-state index is 10.1. The molecule has 0 radical (unpaired) electrons. The number of hydrogen-bond donors (Lipinski definition) is 2. The van der Waals surface area contributed by atoms with Gasteiger partial charge in [0.2, 0.25) is 0 Å². The standard InChI is InChI=1S/C12H21NO4/c1-4-5-6-13-7-8-9(14)10-11(15-8)17-12(2,3)16-10/h4,8-11,13-14H,1,5-7H2,2-3H3/t8-,9+,10-,11-/m1/s1. The highest BCUT2D eigenvalue weighted by Gasteiger charge is 2.53. The van der Waals surface area contributed by atoms with Crippen LogP contribution in [0.1, 0.15) is 20.3 Å². The van der Waals surface area contributed by atoms with Crippen molar-refractivity contribution in [3.63, 3.8) is 0 Å². The van der Waals surface area contributed by atoms with Gasteiger partial charge >= 0.3 is 0 Å². The highest BCUT2D eigenvalue weighted by atomic mass is 16.8. The minimum Gasteiger partial charge on any atom is -0.387 e. The second-order valence-corrected chi connectivity index (χ2v) is 4.92. The predicted molar refractivity (Wildman–Crippen MR) is 62.4 cm³/mol. The van der Waals surface area contributed by atoms with Crippen LogP contribution in [0.4, 0.5) is 0 Å². The van der Waals surface area contributed by atoms with Crippen LogP contribution in [0.25, 0.3) is 0 Å². The summed E-state index contributed by atoms with van der Waals surface area (Å²) in [5, 5.41) is 13.3. The van der Waals surface area contributed by atoms with Gasteiger partial charge in [-0.15, -0.1) is 6.58 Å². The van der Waals surface area contributed by atoms with E-state index in [1.807, 2.05) is 19.9 Å². The van der Waals surface area contributed by atoms with Crippen molar-refractivity contribution in [2.24, 2.45) is 0 Å². The lowest BCUT2D eigenvalue weighted by Crippen LogP contribution is -2.40. The molecule has 0 saturated carbocycles. The van der Waals surface area contributed by atoms with Crippen molar-refractivity contribution in [1.82, 2.24) is 5.32 Å². The van der Waals surface area contributed by atoms with Crippen LogP contribution < -0.4 is 5.32 Å². The Balaban J connectivity index is 1.79. The van der Waals surface area contributed by atoms with Gasteiger partial charge in [0.15, 0.2) is 12.1 Å². The van der Waals surface area contributed by atoms with Crippen LogP contribution in [0.3, 0.4) is 0 Å². The summed E-state index contributed by atoms with van der Waals surface area (Å²) in [7, 11) is 0. The monoisotopic (exact) mass is 243 g/mol. The minimum absolute atomic E-state index is 0.272. The predicted octanol–water partition coefficient (Wildman–Crippen LogP) is 0.389. The average Bonchev–Trinajstić information content (AvgIpc) is 2.69. The third-order valence-corrected chi connectivity index (χ3v) is 2.99. The van der Waals surface area contributed by atoms with E-state index in [0.29, 0.717) is 6.54 Å². The summed E-state index contributed by atoms with van der Waals surface area (Å²) in [5.41, 5.74) is 0. The highest BCUT2D eigenvalue weighted by Crippen LogP contribution is 2.37. The van der Waals surface area contributed by atoms with E-state index in [-0.39, 0.29) is 12.2 Å². The number of aliphatic hydroxyl groups excluding tert-OH is 1. The van der Waals surface area contributed by atoms with Crippen LogP contribution in [-0.4, -0.2) is 48.6 Å². The smallest absolute Gasteiger partial charge is 0.190 e. The molecule has 0 aliphatic carbocycles. The number of hydrogen-bond acceptors (Lipinski definition) is 5. The first-order valence-corrected chi connectivity index (χ1v) is 6.04. The van der Waals surface area contributed by atoms with Crippen LogP contribution in [-0.2, 0) is 14.2 Å². The van der Waals surface area contributed by atoms with Crippen LogP contribution in [0, 0.1) is 0 Å². The molecular weight excluding hydrogens is 222 g/mol. The van der Waals surface area contributed by atoms with Crippen molar-refractivity contribution in [2.75, 3.05) is 13.1 Å². The van der Waals surface area contributed by atoms with Gasteiger partial charge in [0, 0.05) is 6.54 Å². The number of ether oxygens (including phenoxy) is 3. The molecule has 0 aromatic carbocycles. The Morgan fingerprint density at radius 3 is 2.82 bits per heavy atom. The van der Waals surface area contributed by atoms with E-state index in [4.69, 9.17) is 14.2 Å². The lowest BCUT2D eigenvalue weighted by molar-refractivity contribution is -0.214.